The zero-order valence-corrected chi connectivity index (χ0v) is 37.8. The number of ether oxygens (including phenoxy) is 3. The molecule has 1 aromatic carbocycles. The first kappa shape index (κ1) is 52.4. The number of esters is 2. The largest absolute Gasteiger partial charge is 0.494 e. The number of hydrogen-bond donors (Lipinski definition) is 1. The van der Waals surface area contributed by atoms with Crippen LogP contribution in [0.5, 0.6) is 5.75 Å². The lowest BCUT2D eigenvalue weighted by molar-refractivity contribution is -0.870. The van der Waals surface area contributed by atoms with Gasteiger partial charge in [0.15, 0.2) is 0 Å². The summed E-state index contributed by atoms with van der Waals surface area (Å²) in [7, 11) is 6.66. The van der Waals surface area contributed by atoms with Crippen molar-refractivity contribution in [2.45, 2.75) is 213 Å². The summed E-state index contributed by atoms with van der Waals surface area (Å²) < 4.78 is 18.0. The second kappa shape index (κ2) is 36.5. The maximum Gasteiger partial charge on any atom is 0.328 e. The number of rotatable bonds is 40. The number of carbonyl (C=O) groups excluding carboxylic acids is 3. The first-order valence-corrected chi connectivity index (χ1v) is 23.8. The molecule has 0 saturated heterocycles. The molecule has 0 aliphatic carbocycles. The number of hydrogen-bond acceptors (Lipinski definition) is 6. The van der Waals surface area contributed by atoms with Crippen molar-refractivity contribution >= 4 is 17.8 Å². The van der Waals surface area contributed by atoms with E-state index in [9.17, 15) is 14.4 Å². The minimum Gasteiger partial charge on any atom is -0.494 e. The van der Waals surface area contributed by atoms with Crippen LogP contribution in [-0.2, 0) is 19.1 Å². The van der Waals surface area contributed by atoms with Gasteiger partial charge in [-0.25, -0.2) is 4.79 Å². The molecule has 1 amide bonds. The minimum absolute atomic E-state index is 0.0407. The molecule has 0 unspecified atom stereocenters. The number of quaternary nitrogens is 1. The molecular weight excluding hydrogens is 713 g/mol. The third-order valence-corrected chi connectivity index (χ3v) is 10.8. The lowest BCUT2D eigenvalue weighted by Crippen LogP contribution is -2.42. The van der Waals surface area contributed by atoms with Gasteiger partial charge in [-0.3, -0.25) is 9.59 Å². The Balaban J connectivity index is 2.47. The average molecular weight is 802 g/mol. The number of carbonyl (C=O) groups is 3. The summed E-state index contributed by atoms with van der Waals surface area (Å²) in [5.74, 6) is -0.509. The summed E-state index contributed by atoms with van der Waals surface area (Å²) in [5.41, 5.74) is 0.427. The molecule has 1 N–H and O–H groups in total. The van der Waals surface area contributed by atoms with Crippen LogP contribution in [0.1, 0.15) is 217 Å². The van der Waals surface area contributed by atoms with Crippen molar-refractivity contribution in [2.75, 3.05) is 47.5 Å². The molecule has 0 saturated carbocycles. The molecule has 0 spiro atoms. The molecule has 8 nitrogen and oxygen atoms in total. The molecule has 1 rings (SSSR count). The van der Waals surface area contributed by atoms with Gasteiger partial charge in [0.1, 0.15) is 11.8 Å². The number of unbranched alkanes of at least 4 members (excludes halogenated alkanes) is 25. The lowest BCUT2D eigenvalue weighted by Gasteiger charge is -2.23. The Bertz CT molecular complexity index is 1100. The van der Waals surface area contributed by atoms with Crippen molar-refractivity contribution in [1.82, 2.24) is 5.32 Å². The van der Waals surface area contributed by atoms with E-state index in [4.69, 9.17) is 14.2 Å². The average Bonchev–Trinajstić information content (AvgIpc) is 3.19. The van der Waals surface area contributed by atoms with Gasteiger partial charge in [0, 0.05) is 12.0 Å². The van der Waals surface area contributed by atoms with Gasteiger partial charge in [-0.05, 0) is 69.2 Å². The summed E-state index contributed by atoms with van der Waals surface area (Å²) in [6.45, 7) is 7.03. The second-order valence-corrected chi connectivity index (χ2v) is 17.5. The van der Waals surface area contributed by atoms with Crippen molar-refractivity contribution in [3.63, 3.8) is 0 Å². The molecule has 0 aliphatic rings. The Morgan fingerprint density at radius 2 is 0.930 bits per heavy atom. The predicted octanol–water partition coefficient (Wildman–Crippen LogP) is 12.7. The highest BCUT2D eigenvalue weighted by molar-refractivity contribution is 5.97. The predicted molar refractivity (Wildman–Crippen MR) is 238 cm³/mol. The normalized spacial score (nSPS) is 12.0. The van der Waals surface area contributed by atoms with Gasteiger partial charge in [-0.15, -0.1) is 0 Å². The molecule has 1 aromatic rings. The van der Waals surface area contributed by atoms with E-state index in [-0.39, 0.29) is 24.7 Å². The zero-order chi connectivity index (χ0) is 41.7. The van der Waals surface area contributed by atoms with Crippen LogP contribution in [0.4, 0.5) is 0 Å². The molecule has 1 atom stereocenters. The fourth-order valence-corrected chi connectivity index (χ4v) is 7.10. The van der Waals surface area contributed by atoms with Gasteiger partial charge < -0.3 is 24.0 Å². The van der Waals surface area contributed by atoms with Crippen LogP contribution in [0.3, 0.4) is 0 Å². The Hall–Kier alpha value is -2.61. The van der Waals surface area contributed by atoms with E-state index >= 15 is 0 Å². The smallest absolute Gasteiger partial charge is 0.328 e. The van der Waals surface area contributed by atoms with E-state index in [0.29, 0.717) is 31.1 Å². The van der Waals surface area contributed by atoms with Crippen molar-refractivity contribution < 1.29 is 33.1 Å². The Kier molecular flexibility index (Phi) is 33.5. The van der Waals surface area contributed by atoms with E-state index in [1.807, 2.05) is 0 Å². The third kappa shape index (κ3) is 33.0. The summed E-state index contributed by atoms with van der Waals surface area (Å²) >= 11 is 0. The maximum atomic E-state index is 13.3. The fourth-order valence-electron chi connectivity index (χ4n) is 7.10. The highest BCUT2D eigenvalue weighted by atomic mass is 16.5. The lowest BCUT2D eigenvalue weighted by atomic mass is 10.1. The molecule has 0 radical (unpaired) electrons. The summed E-state index contributed by atoms with van der Waals surface area (Å²) in [4.78, 5) is 39.1. The SMILES string of the molecule is CCCCCCCCCCCCCCOC(=O)CC[C@H](NC(=O)c1ccc(OCCCCCC[N+](C)(C)C)cc1)C(=O)OCCCCCCCCCCCCCC. The third-order valence-electron chi connectivity index (χ3n) is 10.8. The van der Waals surface area contributed by atoms with E-state index in [2.05, 4.69) is 40.3 Å². The summed E-state index contributed by atoms with van der Waals surface area (Å²) in [6, 6.07) is 6.08. The molecule has 330 valence electrons. The molecule has 0 bridgehead atoms. The maximum absolute atomic E-state index is 13.3. The molecule has 57 heavy (non-hydrogen) atoms. The van der Waals surface area contributed by atoms with Gasteiger partial charge in [0.05, 0.1) is 47.5 Å². The van der Waals surface area contributed by atoms with Crippen LogP contribution < -0.4 is 10.1 Å². The number of amides is 1. The minimum atomic E-state index is -0.929. The van der Waals surface area contributed by atoms with Crippen molar-refractivity contribution in [1.29, 1.82) is 0 Å². The number of nitrogens with zero attached hydrogens (tertiary/aromatic N) is 1. The second-order valence-electron chi connectivity index (χ2n) is 17.5. The topological polar surface area (TPSA) is 90.9 Å². The van der Waals surface area contributed by atoms with Crippen LogP contribution in [0, 0.1) is 0 Å². The standard InChI is InChI=1S/C49H88N2O6/c1-6-8-10-12-14-16-18-20-22-24-27-32-42-56-47(52)39-38-46(49(54)57-43-33-28-25-23-21-19-17-15-13-11-9-7-2)50-48(53)44-34-36-45(37-35-44)55-41-31-29-26-30-40-51(3,4)5/h34-37,46H,6-33,38-43H2,1-5H3/p+1/t46-/m0/s1. The Morgan fingerprint density at radius 1 is 0.526 bits per heavy atom. The van der Waals surface area contributed by atoms with E-state index in [0.717, 1.165) is 55.8 Å². The van der Waals surface area contributed by atoms with Crippen LogP contribution >= 0.6 is 0 Å². The first-order chi connectivity index (χ1) is 27.7. The van der Waals surface area contributed by atoms with Crippen molar-refractivity contribution in [2.24, 2.45) is 0 Å². The van der Waals surface area contributed by atoms with Gasteiger partial charge in [-0.1, -0.05) is 155 Å². The van der Waals surface area contributed by atoms with Crippen molar-refractivity contribution in [3.8, 4) is 5.75 Å². The first-order valence-electron chi connectivity index (χ1n) is 23.8. The van der Waals surface area contributed by atoms with Crippen LogP contribution in [0.2, 0.25) is 0 Å². The van der Waals surface area contributed by atoms with Crippen molar-refractivity contribution in [3.05, 3.63) is 29.8 Å². The molecule has 0 fully saturated rings. The molecule has 0 heterocycles. The van der Waals surface area contributed by atoms with E-state index in [1.54, 1.807) is 24.3 Å². The highest BCUT2D eigenvalue weighted by Gasteiger charge is 2.24. The number of nitrogens with one attached hydrogen (secondary N) is 1. The fraction of sp³-hybridized carbons (Fsp3) is 0.816. The Morgan fingerprint density at radius 3 is 1.39 bits per heavy atom. The molecule has 8 heteroatoms. The van der Waals surface area contributed by atoms with Gasteiger partial charge in [-0.2, -0.15) is 0 Å². The monoisotopic (exact) mass is 802 g/mol. The van der Waals surface area contributed by atoms with Crippen LogP contribution in [-0.4, -0.2) is 75.9 Å². The van der Waals surface area contributed by atoms with E-state index in [1.165, 1.54) is 135 Å². The van der Waals surface area contributed by atoms with Gasteiger partial charge >= 0.3 is 11.9 Å². The number of benzene rings is 1. The molecular formula is C49H89N2O6+. The molecule has 0 aromatic heterocycles. The Labute approximate surface area is 350 Å². The van der Waals surface area contributed by atoms with Gasteiger partial charge in [0.25, 0.3) is 5.91 Å². The van der Waals surface area contributed by atoms with Crippen LogP contribution in [0.25, 0.3) is 0 Å². The molecule has 0 aliphatic heterocycles. The summed E-state index contributed by atoms with van der Waals surface area (Å²) in [6.07, 6.45) is 34.5. The zero-order valence-electron chi connectivity index (χ0n) is 37.8. The van der Waals surface area contributed by atoms with Gasteiger partial charge in [0.2, 0.25) is 0 Å². The van der Waals surface area contributed by atoms with E-state index < -0.39 is 12.0 Å². The summed E-state index contributed by atoms with van der Waals surface area (Å²) in [5, 5.41) is 2.84. The highest BCUT2D eigenvalue weighted by Crippen LogP contribution is 2.16. The quantitative estimate of drug-likeness (QED) is 0.0404. The van der Waals surface area contributed by atoms with Crippen LogP contribution in [0.15, 0.2) is 24.3 Å².